The molecule has 0 radical (unpaired) electrons. The van der Waals surface area contributed by atoms with Gasteiger partial charge in [0, 0.05) is 19.3 Å². The van der Waals surface area contributed by atoms with Crippen molar-refractivity contribution in [2.24, 2.45) is 5.92 Å². The lowest BCUT2D eigenvalue weighted by atomic mass is 10.1. The van der Waals surface area contributed by atoms with Gasteiger partial charge in [0.15, 0.2) is 11.5 Å². The second-order valence-electron chi connectivity index (χ2n) is 6.74. The Morgan fingerprint density at radius 2 is 1.85 bits per heavy atom. The third-order valence-corrected chi connectivity index (χ3v) is 4.20. The van der Waals surface area contributed by atoms with Crippen LogP contribution in [0.5, 0.6) is 11.5 Å². The molecule has 1 aromatic heterocycles. The van der Waals surface area contributed by atoms with E-state index in [0.717, 1.165) is 24.3 Å². The van der Waals surface area contributed by atoms with Crippen LogP contribution in [0.25, 0.3) is 0 Å². The predicted molar refractivity (Wildman–Crippen MR) is 108 cm³/mol. The van der Waals surface area contributed by atoms with Crippen LogP contribution in [0, 0.1) is 5.92 Å². The van der Waals surface area contributed by atoms with Gasteiger partial charge in [0.25, 0.3) is 5.91 Å². The number of rotatable bonds is 10. The Bertz CT molecular complexity index is 730. The van der Waals surface area contributed by atoms with Crippen LogP contribution in [-0.2, 0) is 6.42 Å². The van der Waals surface area contributed by atoms with Crippen LogP contribution in [0.4, 0.5) is 5.82 Å². The van der Waals surface area contributed by atoms with Gasteiger partial charge in [-0.1, -0.05) is 19.9 Å². The minimum atomic E-state index is -0.128. The number of aromatic nitrogens is 1. The van der Waals surface area contributed by atoms with Crippen LogP contribution in [-0.4, -0.2) is 38.2 Å². The van der Waals surface area contributed by atoms with Crippen LogP contribution in [0.2, 0.25) is 0 Å². The average Bonchev–Trinajstić information content (AvgIpc) is 2.68. The van der Waals surface area contributed by atoms with Gasteiger partial charge in [-0.05, 0) is 48.6 Å². The Morgan fingerprint density at radius 3 is 2.48 bits per heavy atom. The fourth-order valence-corrected chi connectivity index (χ4v) is 2.58. The number of carbonyl (C=O) groups excluding carboxylic acids is 1. The number of methoxy groups -OCH3 is 2. The van der Waals surface area contributed by atoms with Crippen molar-refractivity contribution in [1.29, 1.82) is 0 Å². The van der Waals surface area contributed by atoms with E-state index in [-0.39, 0.29) is 5.91 Å². The second-order valence-corrected chi connectivity index (χ2v) is 6.74. The molecule has 2 aromatic rings. The number of anilines is 1. The van der Waals surface area contributed by atoms with E-state index in [1.54, 1.807) is 26.5 Å². The SMILES string of the molecule is COc1ccc(CCNC(=O)c2ccc(NCCC(C)C)nc2)cc1OC. The first-order valence-electron chi connectivity index (χ1n) is 9.22. The quantitative estimate of drug-likeness (QED) is 0.668. The Morgan fingerprint density at radius 1 is 1.07 bits per heavy atom. The summed E-state index contributed by atoms with van der Waals surface area (Å²) in [6.07, 6.45) is 3.39. The first-order valence-corrected chi connectivity index (χ1v) is 9.22. The number of pyridine rings is 1. The van der Waals surface area contributed by atoms with E-state index in [4.69, 9.17) is 9.47 Å². The van der Waals surface area contributed by atoms with E-state index in [1.165, 1.54) is 0 Å². The maximum atomic E-state index is 12.3. The molecular formula is C21H29N3O3. The summed E-state index contributed by atoms with van der Waals surface area (Å²) in [5.74, 6) is 2.69. The van der Waals surface area contributed by atoms with Gasteiger partial charge in [0.1, 0.15) is 5.82 Å². The Balaban J connectivity index is 1.81. The van der Waals surface area contributed by atoms with Gasteiger partial charge in [0.2, 0.25) is 0 Å². The lowest BCUT2D eigenvalue weighted by Gasteiger charge is -2.10. The van der Waals surface area contributed by atoms with E-state index >= 15 is 0 Å². The number of hydrogen-bond acceptors (Lipinski definition) is 5. The third-order valence-electron chi connectivity index (χ3n) is 4.20. The van der Waals surface area contributed by atoms with Gasteiger partial charge in [0.05, 0.1) is 19.8 Å². The summed E-state index contributed by atoms with van der Waals surface area (Å²) in [4.78, 5) is 16.6. The first-order chi connectivity index (χ1) is 13.0. The number of amides is 1. The van der Waals surface area contributed by atoms with Gasteiger partial charge in [-0.3, -0.25) is 4.79 Å². The molecule has 6 heteroatoms. The van der Waals surface area contributed by atoms with Crippen LogP contribution in [0.15, 0.2) is 36.5 Å². The van der Waals surface area contributed by atoms with E-state index < -0.39 is 0 Å². The molecule has 0 fully saturated rings. The van der Waals surface area contributed by atoms with Gasteiger partial charge in [-0.2, -0.15) is 0 Å². The highest BCUT2D eigenvalue weighted by atomic mass is 16.5. The molecule has 2 N–H and O–H groups in total. The molecular weight excluding hydrogens is 342 g/mol. The summed E-state index contributed by atoms with van der Waals surface area (Å²) in [6, 6.07) is 9.38. The van der Waals surface area contributed by atoms with Gasteiger partial charge in [-0.15, -0.1) is 0 Å². The molecule has 0 saturated heterocycles. The Labute approximate surface area is 161 Å². The molecule has 27 heavy (non-hydrogen) atoms. The van der Waals surface area contributed by atoms with Crippen LogP contribution in [0.3, 0.4) is 0 Å². The van der Waals surface area contributed by atoms with Crippen LogP contribution < -0.4 is 20.1 Å². The minimum Gasteiger partial charge on any atom is -0.493 e. The molecule has 0 unspecified atom stereocenters. The van der Waals surface area contributed by atoms with Crippen molar-refractivity contribution in [2.75, 3.05) is 32.6 Å². The fraction of sp³-hybridized carbons (Fsp3) is 0.429. The van der Waals surface area contributed by atoms with E-state index in [0.29, 0.717) is 35.9 Å². The topological polar surface area (TPSA) is 72.5 Å². The number of nitrogens with one attached hydrogen (secondary N) is 2. The Hall–Kier alpha value is -2.76. The standard InChI is InChI=1S/C21H29N3O3/c1-15(2)9-11-22-20-8-6-17(14-24-20)21(25)23-12-10-16-5-7-18(26-3)19(13-16)27-4/h5-8,13-15H,9-12H2,1-4H3,(H,22,24)(H,23,25). The van der Waals surface area contributed by atoms with Crippen molar-refractivity contribution in [3.8, 4) is 11.5 Å². The summed E-state index contributed by atoms with van der Waals surface area (Å²) < 4.78 is 10.5. The van der Waals surface area contributed by atoms with Gasteiger partial charge in [-0.25, -0.2) is 4.98 Å². The molecule has 0 aliphatic carbocycles. The predicted octanol–water partition coefficient (Wildman–Crippen LogP) is 3.53. The lowest BCUT2D eigenvalue weighted by molar-refractivity contribution is 0.0954. The van der Waals surface area contributed by atoms with E-state index in [1.807, 2.05) is 24.3 Å². The summed E-state index contributed by atoms with van der Waals surface area (Å²) >= 11 is 0. The zero-order valence-corrected chi connectivity index (χ0v) is 16.5. The molecule has 0 aliphatic heterocycles. The highest BCUT2D eigenvalue weighted by Gasteiger charge is 2.08. The van der Waals surface area contributed by atoms with Crippen molar-refractivity contribution in [1.82, 2.24) is 10.3 Å². The molecule has 146 valence electrons. The van der Waals surface area contributed by atoms with Gasteiger partial charge >= 0.3 is 0 Å². The Kier molecular flexibility index (Phi) is 7.92. The van der Waals surface area contributed by atoms with Crippen molar-refractivity contribution in [2.45, 2.75) is 26.7 Å². The number of carbonyl (C=O) groups is 1. The zero-order chi connectivity index (χ0) is 19.6. The molecule has 0 saturated carbocycles. The smallest absolute Gasteiger partial charge is 0.252 e. The molecule has 6 nitrogen and oxygen atoms in total. The fourth-order valence-electron chi connectivity index (χ4n) is 2.58. The molecule has 0 atom stereocenters. The lowest BCUT2D eigenvalue weighted by Crippen LogP contribution is -2.25. The molecule has 0 aliphatic rings. The van der Waals surface area contributed by atoms with Crippen LogP contribution >= 0.6 is 0 Å². The monoisotopic (exact) mass is 371 g/mol. The number of benzene rings is 1. The molecule has 2 rings (SSSR count). The van der Waals surface area contributed by atoms with Gasteiger partial charge < -0.3 is 20.1 Å². The van der Waals surface area contributed by atoms with Crippen LogP contribution in [0.1, 0.15) is 36.2 Å². The summed E-state index contributed by atoms with van der Waals surface area (Å²) in [6.45, 7) is 5.78. The summed E-state index contributed by atoms with van der Waals surface area (Å²) in [5.41, 5.74) is 1.62. The highest BCUT2D eigenvalue weighted by Crippen LogP contribution is 2.27. The number of hydrogen-bond donors (Lipinski definition) is 2. The van der Waals surface area contributed by atoms with E-state index in [2.05, 4.69) is 29.5 Å². The van der Waals surface area contributed by atoms with E-state index in [9.17, 15) is 4.79 Å². The summed E-state index contributed by atoms with van der Waals surface area (Å²) in [5, 5.41) is 6.18. The summed E-state index contributed by atoms with van der Waals surface area (Å²) in [7, 11) is 3.22. The van der Waals surface area contributed by atoms with Crippen molar-refractivity contribution < 1.29 is 14.3 Å². The average molecular weight is 371 g/mol. The normalized spacial score (nSPS) is 10.6. The maximum absolute atomic E-state index is 12.3. The molecule has 0 bridgehead atoms. The molecule has 1 amide bonds. The molecule has 1 aromatic carbocycles. The van der Waals surface area contributed by atoms with Crippen molar-refractivity contribution >= 4 is 11.7 Å². The highest BCUT2D eigenvalue weighted by molar-refractivity contribution is 5.94. The largest absolute Gasteiger partial charge is 0.493 e. The number of nitrogens with zero attached hydrogens (tertiary/aromatic N) is 1. The molecule has 0 spiro atoms. The minimum absolute atomic E-state index is 0.128. The molecule has 1 heterocycles. The first kappa shape index (κ1) is 20.6. The zero-order valence-electron chi connectivity index (χ0n) is 16.5. The maximum Gasteiger partial charge on any atom is 0.252 e. The van der Waals surface area contributed by atoms with Crippen molar-refractivity contribution in [3.05, 3.63) is 47.7 Å². The third kappa shape index (κ3) is 6.47. The number of ether oxygens (including phenoxy) is 2. The second kappa shape index (κ2) is 10.4. The van der Waals surface area contributed by atoms with Crippen molar-refractivity contribution in [3.63, 3.8) is 0 Å².